The highest BCUT2D eigenvalue weighted by Crippen LogP contribution is 2.47. The lowest BCUT2D eigenvalue weighted by molar-refractivity contribution is 1.18. The Morgan fingerprint density at radius 3 is 0.705 bits per heavy atom. The van der Waals surface area contributed by atoms with Gasteiger partial charge in [0.05, 0.1) is 33.4 Å². The molecule has 2 heterocycles. The van der Waals surface area contributed by atoms with E-state index in [9.17, 15) is 0 Å². The van der Waals surface area contributed by atoms with Gasteiger partial charge in [-0.15, -0.1) is 0 Å². The smallest absolute Gasteiger partial charge is 0.0541 e. The molecule has 0 aliphatic rings. The van der Waals surface area contributed by atoms with Crippen LogP contribution < -0.4 is 9.80 Å². The predicted octanol–water partition coefficient (Wildman–Crippen LogP) is 35.7. The van der Waals surface area contributed by atoms with Gasteiger partial charge < -0.3 is 18.9 Å². The average molecular weight is 1680 g/mol. The second-order valence-electron chi connectivity index (χ2n) is 34.6. The minimum absolute atomic E-state index is 1.11. The summed E-state index contributed by atoms with van der Waals surface area (Å²) in [7, 11) is 0. The van der Waals surface area contributed by atoms with Crippen molar-refractivity contribution in [2.24, 2.45) is 0 Å². The van der Waals surface area contributed by atoms with Gasteiger partial charge in [0.1, 0.15) is 0 Å². The molecule has 0 bridgehead atoms. The lowest BCUT2D eigenvalue weighted by Gasteiger charge is -2.27. The first kappa shape index (κ1) is 76.9. The summed E-state index contributed by atoms with van der Waals surface area (Å²) in [6.07, 6.45) is 0. The van der Waals surface area contributed by atoms with Crippen molar-refractivity contribution >= 4 is 164 Å². The molecular weight excluding hydrogens is 1590 g/mol. The fourth-order valence-corrected chi connectivity index (χ4v) is 20.8. The minimum Gasteiger partial charge on any atom is -0.310 e. The van der Waals surface area contributed by atoms with Crippen molar-refractivity contribution in [1.29, 1.82) is 0 Å². The third-order valence-electron chi connectivity index (χ3n) is 27.1. The molecule has 0 aliphatic heterocycles. The molecule has 2 aromatic heterocycles. The molecule has 0 radical (unpaired) electrons. The first-order chi connectivity index (χ1) is 65.5. The molecule has 0 N–H and O–H groups in total. The first-order valence-electron chi connectivity index (χ1n) is 45.5. The lowest BCUT2D eigenvalue weighted by Crippen LogP contribution is -2.10. The van der Waals surface area contributed by atoms with Crippen LogP contribution in [0.5, 0.6) is 0 Å². The highest BCUT2D eigenvalue weighted by Gasteiger charge is 2.23. The van der Waals surface area contributed by atoms with Crippen LogP contribution in [0.1, 0.15) is 0 Å². The van der Waals surface area contributed by atoms with Crippen molar-refractivity contribution in [1.82, 2.24) is 9.13 Å². The van der Waals surface area contributed by atoms with E-state index in [0.29, 0.717) is 0 Å². The molecule has 26 rings (SSSR count). The fourth-order valence-electron chi connectivity index (χ4n) is 20.8. The second-order valence-corrected chi connectivity index (χ2v) is 34.6. The Hall–Kier alpha value is -17.4. The number of hydrogen-bond acceptors (Lipinski definition) is 2. The minimum atomic E-state index is 1.11. The van der Waals surface area contributed by atoms with Crippen LogP contribution in [0.15, 0.2) is 510 Å². The number of rotatable bonds is 14. The Labute approximate surface area is 765 Å². The third-order valence-corrected chi connectivity index (χ3v) is 27.1. The molecule has 0 unspecified atom stereocenters. The fraction of sp³-hybridized carbons (Fsp3) is 0. The molecule has 4 nitrogen and oxygen atoms in total. The van der Waals surface area contributed by atoms with Gasteiger partial charge in [0.15, 0.2) is 0 Å². The third kappa shape index (κ3) is 13.5. The van der Waals surface area contributed by atoms with Gasteiger partial charge in [-0.1, -0.05) is 370 Å². The van der Waals surface area contributed by atoms with E-state index in [-0.39, 0.29) is 0 Å². The van der Waals surface area contributed by atoms with Gasteiger partial charge in [0, 0.05) is 66.4 Å². The lowest BCUT2D eigenvalue weighted by atomic mass is 9.92. The number of para-hydroxylation sites is 2. The summed E-state index contributed by atoms with van der Waals surface area (Å²) < 4.78 is 4.84. The van der Waals surface area contributed by atoms with Gasteiger partial charge in [0.2, 0.25) is 0 Å². The summed E-state index contributed by atoms with van der Waals surface area (Å²) >= 11 is 0. The summed E-state index contributed by atoms with van der Waals surface area (Å²) in [6.45, 7) is 0. The van der Waals surface area contributed by atoms with E-state index in [0.717, 1.165) is 45.5 Å². The quantitative estimate of drug-likeness (QED) is 0.101. The maximum atomic E-state index is 2.43. The van der Waals surface area contributed by atoms with Crippen molar-refractivity contribution in [3.8, 4) is 78.1 Å². The van der Waals surface area contributed by atoms with Gasteiger partial charge in [-0.2, -0.15) is 0 Å². The molecule has 0 saturated heterocycles. The highest BCUT2D eigenvalue weighted by molar-refractivity contribution is 6.27. The van der Waals surface area contributed by atoms with E-state index in [1.165, 1.54) is 197 Å². The highest BCUT2D eigenvalue weighted by atomic mass is 15.1. The van der Waals surface area contributed by atoms with Crippen LogP contribution in [-0.4, -0.2) is 9.13 Å². The number of hydrogen-bond donors (Lipinski definition) is 0. The van der Waals surface area contributed by atoms with E-state index in [1.807, 2.05) is 0 Å². The van der Waals surface area contributed by atoms with Crippen LogP contribution in [0.25, 0.3) is 208 Å². The first-order valence-corrected chi connectivity index (χ1v) is 45.5. The molecule has 0 amide bonds. The molecule has 0 fully saturated rings. The van der Waals surface area contributed by atoms with Gasteiger partial charge >= 0.3 is 0 Å². The topological polar surface area (TPSA) is 16.3 Å². The summed E-state index contributed by atoms with van der Waals surface area (Å²) in [4.78, 5) is 4.75. The molecule has 24 aromatic carbocycles. The summed E-state index contributed by atoms with van der Waals surface area (Å²) in [5, 5.41) is 25.3. The van der Waals surface area contributed by atoms with E-state index in [1.54, 1.807) is 0 Å². The van der Waals surface area contributed by atoms with Crippen molar-refractivity contribution in [2.45, 2.75) is 0 Å². The molecule has 0 atom stereocenters. The van der Waals surface area contributed by atoms with E-state index < -0.39 is 0 Å². The van der Waals surface area contributed by atoms with Crippen molar-refractivity contribution in [2.75, 3.05) is 9.80 Å². The molecule has 0 aliphatic carbocycles. The zero-order valence-electron chi connectivity index (χ0n) is 72.3. The standard InChI is InChI=1S/2C64H42N2/c1-3-14-43(15-4-1)48-31-38-63-60(41-48)61-42-49(45-26-33-51(34-27-45)65(50-18-5-2-6-19-50)62-25-13-17-46-16-7-8-20-53(46)62)32-39-64(61)66(63)52-35-28-44(29-36-52)47-30-37-58-56-23-10-9-21-54(56)55-22-11-12-24-57(55)59(58)40-47;1-2-13-43(14-3-1)44-25-33-50(34-26-44)65(62-24-12-16-47-15-4-5-17-53(47)62)51-35-27-46(28-36-51)49-32-40-64-61(42-49)59-22-10-11-23-63(59)66(64)52-37-29-45(30-38-52)48-31-39-58-56-20-7-6-18-54(56)55-19-8-9-21-57(55)60(58)41-48/h2*1-42H. The zero-order valence-corrected chi connectivity index (χ0v) is 72.3. The number of nitrogens with zero attached hydrogens (tertiary/aromatic N) is 4. The zero-order chi connectivity index (χ0) is 87.1. The van der Waals surface area contributed by atoms with Gasteiger partial charge in [-0.05, 0) is 282 Å². The van der Waals surface area contributed by atoms with Crippen molar-refractivity contribution in [3.05, 3.63) is 510 Å². The Morgan fingerprint density at radius 1 is 0.121 bits per heavy atom. The van der Waals surface area contributed by atoms with Crippen LogP contribution in [0.2, 0.25) is 0 Å². The van der Waals surface area contributed by atoms with E-state index >= 15 is 0 Å². The number of benzene rings is 24. The number of anilines is 6. The van der Waals surface area contributed by atoms with Crippen molar-refractivity contribution < 1.29 is 0 Å². The number of fused-ring (bicyclic) bond motifs is 20. The summed E-state index contributed by atoms with van der Waals surface area (Å²) in [5.41, 5.74) is 28.2. The van der Waals surface area contributed by atoms with E-state index in [4.69, 9.17) is 0 Å². The maximum Gasteiger partial charge on any atom is 0.0541 e. The molecule has 4 heteroatoms. The Bertz CT molecular complexity index is 8890. The maximum absolute atomic E-state index is 2.43. The largest absolute Gasteiger partial charge is 0.310 e. The average Bonchev–Trinajstić information content (AvgIpc) is 1.26. The monoisotopic (exact) mass is 1680 g/mol. The van der Waals surface area contributed by atoms with Crippen LogP contribution in [0, 0.1) is 0 Å². The SMILES string of the molecule is c1ccc(-c2ccc(N(c3ccc(-c4ccc5c(c4)c4ccccc4n5-c4ccc(-c5ccc6c7ccccc7c7ccccc7c6c5)cc4)cc3)c3cccc4ccccc34)cc2)cc1.c1ccc(-c2ccc3c(c2)c2cc(-c4ccc(N(c5ccccc5)c5cccc6ccccc56)cc4)ccc2n3-c2ccc(-c3ccc4c5ccccc5c5ccccc5c4c3)cc2)cc1. The van der Waals surface area contributed by atoms with Crippen LogP contribution >= 0.6 is 0 Å². The van der Waals surface area contributed by atoms with Gasteiger partial charge in [-0.3, -0.25) is 0 Å². The number of aromatic nitrogens is 2. The Kier molecular flexibility index (Phi) is 18.9. The second kappa shape index (κ2) is 32.5. The molecule has 132 heavy (non-hydrogen) atoms. The Balaban J connectivity index is 0.000000142. The summed E-state index contributed by atoms with van der Waals surface area (Å²) in [6, 6.07) is 186. The molecule has 0 spiro atoms. The molecular formula is C128H84N4. The van der Waals surface area contributed by atoms with Gasteiger partial charge in [0.25, 0.3) is 0 Å². The van der Waals surface area contributed by atoms with Crippen LogP contribution in [-0.2, 0) is 0 Å². The summed E-state index contributed by atoms with van der Waals surface area (Å²) in [5.74, 6) is 0. The molecule has 0 saturated carbocycles. The van der Waals surface area contributed by atoms with Crippen LogP contribution in [0.3, 0.4) is 0 Å². The van der Waals surface area contributed by atoms with Gasteiger partial charge in [-0.25, -0.2) is 0 Å². The molecule has 26 aromatic rings. The Morgan fingerprint density at radius 2 is 0.341 bits per heavy atom. The normalized spacial score (nSPS) is 11.6. The van der Waals surface area contributed by atoms with Crippen molar-refractivity contribution in [3.63, 3.8) is 0 Å². The van der Waals surface area contributed by atoms with Crippen LogP contribution in [0.4, 0.5) is 34.1 Å². The predicted molar refractivity (Wildman–Crippen MR) is 564 cm³/mol. The molecule has 616 valence electrons. The van der Waals surface area contributed by atoms with E-state index in [2.05, 4.69) is 529 Å².